The summed E-state index contributed by atoms with van der Waals surface area (Å²) in [4.78, 5) is 0. The second-order valence-electron chi connectivity index (χ2n) is 5.42. The van der Waals surface area contributed by atoms with Gasteiger partial charge in [0.25, 0.3) is 0 Å². The van der Waals surface area contributed by atoms with Crippen LogP contribution < -0.4 is 5.32 Å². The highest BCUT2D eigenvalue weighted by Crippen LogP contribution is 2.17. The van der Waals surface area contributed by atoms with E-state index in [4.69, 9.17) is 0 Å². The number of rotatable bonds is 6. The molecule has 102 valence electrons. The van der Waals surface area contributed by atoms with Gasteiger partial charge in [0.1, 0.15) is 0 Å². The molecule has 0 fully saturated rings. The molecule has 0 spiro atoms. The lowest BCUT2D eigenvalue weighted by atomic mass is 10.1. The second kappa shape index (κ2) is 6.53. The van der Waals surface area contributed by atoms with Crippen molar-refractivity contribution in [2.45, 2.75) is 26.8 Å². The molecule has 3 heteroatoms. The molecule has 0 radical (unpaired) electrons. The highest BCUT2D eigenvalue weighted by atomic mass is 15.3. The smallest absolute Gasteiger partial charge is 0.0892 e. The van der Waals surface area contributed by atoms with Gasteiger partial charge < -0.3 is 5.32 Å². The van der Waals surface area contributed by atoms with Crippen molar-refractivity contribution in [1.82, 2.24) is 15.1 Å². The van der Waals surface area contributed by atoms with Gasteiger partial charge in [-0.2, -0.15) is 5.10 Å². The quantitative estimate of drug-likeness (QED) is 0.862. The minimum absolute atomic E-state index is 0.258. The molecule has 0 amide bonds. The number of nitrogens with zero attached hydrogens (tertiary/aromatic N) is 2. The summed E-state index contributed by atoms with van der Waals surface area (Å²) in [6, 6.07) is 12.9. The predicted molar refractivity (Wildman–Crippen MR) is 79.3 cm³/mol. The number of benzene rings is 1. The van der Waals surface area contributed by atoms with Gasteiger partial charge >= 0.3 is 0 Å². The zero-order valence-corrected chi connectivity index (χ0v) is 12.0. The summed E-state index contributed by atoms with van der Waals surface area (Å²) in [5.74, 6) is 0.663. The summed E-state index contributed by atoms with van der Waals surface area (Å²) in [5.41, 5.74) is 2.35. The topological polar surface area (TPSA) is 29.9 Å². The minimum atomic E-state index is 0.258. The molecule has 1 aromatic carbocycles. The Labute approximate surface area is 115 Å². The maximum Gasteiger partial charge on any atom is 0.0892 e. The van der Waals surface area contributed by atoms with Gasteiger partial charge in [-0.05, 0) is 31.0 Å². The average molecular weight is 257 g/mol. The Bertz CT molecular complexity index is 488. The fourth-order valence-corrected chi connectivity index (χ4v) is 2.15. The van der Waals surface area contributed by atoms with E-state index in [-0.39, 0.29) is 6.04 Å². The predicted octanol–water partition coefficient (Wildman–Crippen LogP) is 3.03. The van der Waals surface area contributed by atoms with Crippen LogP contribution in [0.25, 0.3) is 0 Å². The van der Waals surface area contributed by atoms with Crippen LogP contribution >= 0.6 is 0 Å². The van der Waals surface area contributed by atoms with Crippen LogP contribution in [0.5, 0.6) is 0 Å². The Morgan fingerprint density at radius 3 is 2.42 bits per heavy atom. The van der Waals surface area contributed by atoms with Crippen LogP contribution in [0.15, 0.2) is 42.6 Å². The maximum atomic E-state index is 4.56. The first-order valence-electron chi connectivity index (χ1n) is 6.94. The normalized spacial score (nSPS) is 12.8. The Morgan fingerprint density at radius 2 is 1.84 bits per heavy atom. The third-order valence-corrected chi connectivity index (χ3v) is 3.14. The monoisotopic (exact) mass is 257 g/mol. The van der Waals surface area contributed by atoms with Gasteiger partial charge in [0.15, 0.2) is 0 Å². The summed E-state index contributed by atoms with van der Waals surface area (Å²) < 4.78 is 2.05. The molecule has 19 heavy (non-hydrogen) atoms. The Morgan fingerprint density at radius 1 is 1.11 bits per heavy atom. The summed E-state index contributed by atoms with van der Waals surface area (Å²) in [6.07, 6.45) is 2.06. The van der Waals surface area contributed by atoms with Crippen molar-refractivity contribution >= 4 is 0 Å². The fourth-order valence-electron chi connectivity index (χ4n) is 2.15. The highest BCUT2D eigenvalue weighted by molar-refractivity contribution is 5.20. The Kier molecular flexibility index (Phi) is 4.74. The lowest BCUT2D eigenvalue weighted by Gasteiger charge is -2.19. The van der Waals surface area contributed by atoms with Crippen molar-refractivity contribution in [2.24, 2.45) is 5.92 Å². The van der Waals surface area contributed by atoms with Crippen LogP contribution in [-0.4, -0.2) is 22.9 Å². The lowest BCUT2D eigenvalue weighted by molar-refractivity contribution is 0.454. The van der Waals surface area contributed by atoms with E-state index in [9.17, 15) is 0 Å². The van der Waals surface area contributed by atoms with E-state index in [1.54, 1.807) is 0 Å². The largest absolute Gasteiger partial charge is 0.314 e. The molecule has 0 saturated heterocycles. The van der Waals surface area contributed by atoms with Gasteiger partial charge in [0.2, 0.25) is 0 Å². The molecule has 1 atom stereocenters. The number of nitrogens with one attached hydrogen (secondary N) is 1. The molecule has 0 bridgehead atoms. The highest BCUT2D eigenvalue weighted by Gasteiger charge is 2.14. The molecule has 0 aliphatic rings. The number of aryl methyl sites for hydroxylation is 1. The molecule has 0 aliphatic heterocycles. The average Bonchev–Trinajstić information content (AvgIpc) is 2.82. The van der Waals surface area contributed by atoms with Crippen molar-refractivity contribution < 1.29 is 0 Å². The SMILES string of the molecule is Cc1ccn(C(CNCC(C)C)c2ccccc2)n1. The van der Waals surface area contributed by atoms with Crippen LogP contribution in [0.4, 0.5) is 0 Å². The molecule has 1 N–H and O–H groups in total. The molecule has 1 aromatic heterocycles. The molecular weight excluding hydrogens is 234 g/mol. The molecule has 2 rings (SSSR count). The molecular formula is C16H23N3. The zero-order valence-electron chi connectivity index (χ0n) is 12.0. The molecule has 1 unspecified atom stereocenters. The van der Waals surface area contributed by atoms with Crippen molar-refractivity contribution in [3.8, 4) is 0 Å². The lowest BCUT2D eigenvalue weighted by Crippen LogP contribution is -2.29. The van der Waals surface area contributed by atoms with Crippen molar-refractivity contribution in [3.63, 3.8) is 0 Å². The Hall–Kier alpha value is -1.61. The van der Waals surface area contributed by atoms with E-state index in [0.717, 1.165) is 18.8 Å². The molecule has 3 nitrogen and oxygen atoms in total. The summed E-state index contributed by atoms with van der Waals surface area (Å²) >= 11 is 0. The standard InChI is InChI=1S/C16H23N3/c1-13(2)11-17-12-16(15-7-5-4-6-8-15)19-10-9-14(3)18-19/h4-10,13,16-17H,11-12H2,1-3H3. The molecule has 0 saturated carbocycles. The van der Waals surface area contributed by atoms with Crippen LogP contribution in [0.2, 0.25) is 0 Å². The first-order valence-corrected chi connectivity index (χ1v) is 6.94. The first-order chi connectivity index (χ1) is 9.16. The van der Waals surface area contributed by atoms with Crippen molar-refractivity contribution in [1.29, 1.82) is 0 Å². The van der Waals surface area contributed by atoms with E-state index >= 15 is 0 Å². The van der Waals surface area contributed by atoms with Crippen LogP contribution in [-0.2, 0) is 0 Å². The molecule has 0 aliphatic carbocycles. The summed E-state index contributed by atoms with van der Waals surface area (Å²) in [5, 5.41) is 8.09. The third-order valence-electron chi connectivity index (χ3n) is 3.14. The van der Waals surface area contributed by atoms with Gasteiger partial charge in [-0.1, -0.05) is 44.2 Å². The van der Waals surface area contributed by atoms with Gasteiger partial charge in [-0.25, -0.2) is 0 Å². The fraction of sp³-hybridized carbons (Fsp3) is 0.438. The van der Waals surface area contributed by atoms with E-state index in [1.807, 2.05) is 6.92 Å². The Balaban J connectivity index is 2.14. The number of hydrogen-bond donors (Lipinski definition) is 1. The zero-order chi connectivity index (χ0) is 13.7. The number of aromatic nitrogens is 2. The van der Waals surface area contributed by atoms with Gasteiger partial charge in [0, 0.05) is 12.7 Å². The first kappa shape index (κ1) is 13.8. The van der Waals surface area contributed by atoms with Gasteiger partial charge in [-0.3, -0.25) is 4.68 Å². The molecule has 2 aromatic rings. The van der Waals surface area contributed by atoms with Crippen LogP contribution in [0.3, 0.4) is 0 Å². The van der Waals surface area contributed by atoms with Gasteiger partial charge in [-0.15, -0.1) is 0 Å². The van der Waals surface area contributed by atoms with E-state index in [1.165, 1.54) is 5.56 Å². The molecule has 1 heterocycles. The second-order valence-corrected chi connectivity index (χ2v) is 5.42. The van der Waals surface area contributed by atoms with E-state index in [2.05, 4.69) is 71.5 Å². The number of hydrogen-bond acceptors (Lipinski definition) is 2. The van der Waals surface area contributed by atoms with Crippen molar-refractivity contribution in [2.75, 3.05) is 13.1 Å². The van der Waals surface area contributed by atoms with Crippen LogP contribution in [0.1, 0.15) is 31.1 Å². The third kappa shape index (κ3) is 3.93. The van der Waals surface area contributed by atoms with Crippen LogP contribution in [0, 0.1) is 12.8 Å². The summed E-state index contributed by atoms with van der Waals surface area (Å²) in [7, 11) is 0. The van der Waals surface area contributed by atoms with E-state index in [0.29, 0.717) is 5.92 Å². The summed E-state index contributed by atoms with van der Waals surface area (Å²) in [6.45, 7) is 8.41. The maximum absolute atomic E-state index is 4.56. The minimum Gasteiger partial charge on any atom is -0.314 e. The van der Waals surface area contributed by atoms with Crippen molar-refractivity contribution in [3.05, 3.63) is 53.9 Å². The van der Waals surface area contributed by atoms with Gasteiger partial charge in [0.05, 0.1) is 11.7 Å². The van der Waals surface area contributed by atoms with E-state index < -0.39 is 0 Å².